The van der Waals surface area contributed by atoms with Crippen LogP contribution in [0.15, 0.2) is 48.5 Å². The molecule has 0 spiro atoms. The minimum atomic E-state index is 0.128. The Kier molecular flexibility index (Phi) is 7.52. The van der Waals surface area contributed by atoms with Crippen LogP contribution < -0.4 is 4.74 Å². The van der Waals surface area contributed by atoms with E-state index in [2.05, 4.69) is 51.1 Å². The molecule has 3 rings (SSSR count). The van der Waals surface area contributed by atoms with Crippen LogP contribution in [-0.4, -0.2) is 5.78 Å². The van der Waals surface area contributed by atoms with Gasteiger partial charge in [0.2, 0.25) is 0 Å². The van der Waals surface area contributed by atoms with Crippen molar-refractivity contribution in [2.75, 3.05) is 0 Å². The fourth-order valence-electron chi connectivity index (χ4n) is 4.37. The zero-order valence-corrected chi connectivity index (χ0v) is 18.4. The highest BCUT2D eigenvalue weighted by molar-refractivity contribution is 5.81. The Morgan fingerprint density at radius 3 is 2.52 bits per heavy atom. The van der Waals surface area contributed by atoms with E-state index >= 15 is 0 Å². The minimum absolute atomic E-state index is 0.128. The van der Waals surface area contributed by atoms with E-state index < -0.39 is 0 Å². The summed E-state index contributed by atoms with van der Waals surface area (Å²) in [4.78, 5) is 11.9. The van der Waals surface area contributed by atoms with Gasteiger partial charge in [-0.2, -0.15) is 0 Å². The number of hydrogen-bond acceptors (Lipinski definition) is 2. The SMILES string of the molecule is CCCCCCC(C)(C)c1ccc(C2CCC(=O)C2)c(OCc2ccccc2)c1. The predicted octanol–water partition coefficient (Wildman–Crippen LogP) is 7.35. The lowest BCUT2D eigenvalue weighted by Gasteiger charge is -2.27. The van der Waals surface area contributed by atoms with Crippen LogP contribution in [0.4, 0.5) is 0 Å². The topological polar surface area (TPSA) is 26.3 Å². The quantitative estimate of drug-likeness (QED) is 0.395. The Hall–Kier alpha value is -2.09. The molecule has 0 saturated heterocycles. The Morgan fingerprint density at radius 1 is 1.03 bits per heavy atom. The maximum atomic E-state index is 11.9. The summed E-state index contributed by atoms with van der Waals surface area (Å²) in [5.74, 6) is 1.65. The molecule has 1 aliphatic rings. The van der Waals surface area contributed by atoms with Crippen LogP contribution >= 0.6 is 0 Å². The van der Waals surface area contributed by atoms with E-state index in [9.17, 15) is 4.79 Å². The van der Waals surface area contributed by atoms with E-state index in [-0.39, 0.29) is 5.41 Å². The fraction of sp³-hybridized carbons (Fsp3) is 0.519. The van der Waals surface area contributed by atoms with Crippen molar-refractivity contribution >= 4 is 5.78 Å². The Labute approximate surface area is 176 Å². The van der Waals surface area contributed by atoms with Gasteiger partial charge in [-0.05, 0) is 46.9 Å². The maximum absolute atomic E-state index is 11.9. The third kappa shape index (κ3) is 5.95. The van der Waals surface area contributed by atoms with Gasteiger partial charge in [0.25, 0.3) is 0 Å². The summed E-state index contributed by atoms with van der Waals surface area (Å²) < 4.78 is 6.34. The molecule has 2 aromatic carbocycles. The molecule has 0 heterocycles. The van der Waals surface area contributed by atoms with Crippen LogP contribution in [-0.2, 0) is 16.8 Å². The first-order chi connectivity index (χ1) is 14.0. The molecule has 1 fully saturated rings. The van der Waals surface area contributed by atoms with Crippen LogP contribution in [0.5, 0.6) is 5.75 Å². The molecule has 0 aliphatic heterocycles. The third-order valence-corrected chi connectivity index (χ3v) is 6.37. The monoisotopic (exact) mass is 392 g/mol. The highest BCUT2D eigenvalue weighted by atomic mass is 16.5. The molecule has 0 aromatic heterocycles. The van der Waals surface area contributed by atoms with Crippen LogP contribution in [0.1, 0.15) is 94.7 Å². The van der Waals surface area contributed by atoms with Crippen LogP contribution in [0, 0.1) is 0 Å². The summed E-state index contributed by atoms with van der Waals surface area (Å²) in [6.45, 7) is 7.50. The average molecular weight is 393 g/mol. The molecule has 156 valence electrons. The number of carbonyl (C=O) groups is 1. The Bertz CT molecular complexity index is 791. The van der Waals surface area contributed by atoms with E-state index in [4.69, 9.17) is 4.74 Å². The third-order valence-electron chi connectivity index (χ3n) is 6.37. The number of benzene rings is 2. The second-order valence-corrected chi connectivity index (χ2v) is 9.20. The molecule has 0 amide bonds. The molecule has 1 atom stereocenters. The van der Waals surface area contributed by atoms with Gasteiger partial charge in [-0.1, -0.05) is 88.9 Å². The minimum Gasteiger partial charge on any atom is -0.489 e. The summed E-state index contributed by atoms with van der Waals surface area (Å²) in [5, 5.41) is 0. The van der Waals surface area contributed by atoms with Gasteiger partial charge in [0, 0.05) is 12.8 Å². The molecule has 29 heavy (non-hydrogen) atoms. The molecular formula is C27H36O2. The van der Waals surface area contributed by atoms with Gasteiger partial charge < -0.3 is 4.74 Å². The molecule has 0 radical (unpaired) electrons. The van der Waals surface area contributed by atoms with Crippen LogP contribution in [0.25, 0.3) is 0 Å². The number of unbranched alkanes of at least 4 members (excludes halogenated alkanes) is 3. The summed E-state index contributed by atoms with van der Waals surface area (Å²) in [6.07, 6.45) is 8.64. The largest absolute Gasteiger partial charge is 0.489 e. The van der Waals surface area contributed by atoms with Crippen molar-refractivity contribution in [1.29, 1.82) is 0 Å². The zero-order chi connectivity index (χ0) is 20.7. The number of rotatable bonds is 10. The lowest BCUT2D eigenvalue weighted by Crippen LogP contribution is -2.17. The lowest BCUT2D eigenvalue weighted by molar-refractivity contribution is -0.117. The highest BCUT2D eigenvalue weighted by Crippen LogP contribution is 2.40. The van der Waals surface area contributed by atoms with Gasteiger partial charge in [0.1, 0.15) is 18.1 Å². The van der Waals surface area contributed by atoms with Crippen LogP contribution in [0.3, 0.4) is 0 Å². The fourth-order valence-corrected chi connectivity index (χ4v) is 4.37. The van der Waals surface area contributed by atoms with Gasteiger partial charge in [-0.3, -0.25) is 4.79 Å². The maximum Gasteiger partial charge on any atom is 0.133 e. The van der Waals surface area contributed by atoms with Gasteiger partial charge in [-0.15, -0.1) is 0 Å². The van der Waals surface area contributed by atoms with E-state index in [1.807, 2.05) is 18.2 Å². The van der Waals surface area contributed by atoms with Crippen molar-refractivity contribution < 1.29 is 9.53 Å². The van der Waals surface area contributed by atoms with E-state index in [0.717, 1.165) is 12.2 Å². The Morgan fingerprint density at radius 2 is 1.83 bits per heavy atom. The molecule has 0 bridgehead atoms. The van der Waals surface area contributed by atoms with E-state index in [0.29, 0.717) is 31.1 Å². The molecule has 0 N–H and O–H groups in total. The number of carbonyl (C=O) groups excluding carboxylic acids is 1. The van der Waals surface area contributed by atoms with E-state index in [1.54, 1.807) is 0 Å². The first-order valence-electron chi connectivity index (χ1n) is 11.3. The highest BCUT2D eigenvalue weighted by Gasteiger charge is 2.28. The van der Waals surface area contributed by atoms with Crippen molar-refractivity contribution in [2.45, 2.75) is 90.1 Å². The molecule has 2 heteroatoms. The van der Waals surface area contributed by atoms with Crippen molar-refractivity contribution in [1.82, 2.24) is 0 Å². The van der Waals surface area contributed by atoms with Gasteiger partial charge >= 0.3 is 0 Å². The second kappa shape index (κ2) is 10.1. The second-order valence-electron chi connectivity index (χ2n) is 9.20. The number of Topliss-reactive ketones (excluding diaryl/α,β-unsaturated/α-hetero) is 1. The number of ketones is 1. The first-order valence-corrected chi connectivity index (χ1v) is 11.3. The molecular weight excluding hydrogens is 356 g/mol. The van der Waals surface area contributed by atoms with Crippen molar-refractivity contribution in [3.63, 3.8) is 0 Å². The summed E-state index contributed by atoms with van der Waals surface area (Å²) >= 11 is 0. The van der Waals surface area contributed by atoms with Crippen molar-refractivity contribution in [3.8, 4) is 5.75 Å². The van der Waals surface area contributed by atoms with Gasteiger partial charge in [-0.25, -0.2) is 0 Å². The molecule has 1 aliphatic carbocycles. The molecule has 2 aromatic rings. The average Bonchev–Trinajstić information content (AvgIpc) is 3.16. The smallest absolute Gasteiger partial charge is 0.133 e. The number of hydrogen-bond donors (Lipinski definition) is 0. The summed E-state index contributed by atoms with van der Waals surface area (Å²) in [6, 6.07) is 17.1. The van der Waals surface area contributed by atoms with Crippen LogP contribution in [0.2, 0.25) is 0 Å². The summed E-state index contributed by atoms with van der Waals surface area (Å²) in [5.41, 5.74) is 3.84. The van der Waals surface area contributed by atoms with Gasteiger partial charge in [0.15, 0.2) is 0 Å². The Balaban J connectivity index is 1.80. The van der Waals surface area contributed by atoms with Gasteiger partial charge in [0.05, 0.1) is 0 Å². The summed E-state index contributed by atoms with van der Waals surface area (Å²) in [7, 11) is 0. The normalized spacial score (nSPS) is 16.9. The molecule has 1 unspecified atom stereocenters. The molecule has 1 saturated carbocycles. The standard InChI is InChI=1S/C27H36O2/c1-4-5-6-10-17-27(2,3)23-14-16-25(22-13-15-24(28)18-22)26(19-23)29-20-21-11-8-7-9-12-21/h7-9,11-12,14,16,19,22H,4-6,10,13,15,17-18,20H2,1-3H3. The number of ether oxygens (including phenoxy) is 1. The van der Waals surface area contributed by atoms with Crippen molar-refractivity contribution in [3.05, 3.63) is 65.2 Å². The molecule has 2 nitrogen and oxygen atoms in total. The predicted molar refractivity (Wildman–Crippen MR) is 121 cm³/mol. The van der Waals surface area contributed by atoms with E-state index in [1.165, 1.54) is 48.8 Å². The lowest BCUT2D eigenvalue weighted by atomic mass is 9.79. The zero-order valence-electron chi connectivity index (χ0n) is 18.4. The van der Waals surface area contributed by atoms with Crippen molar-refractivity contribution in [2.24, 2.45) is 0 Å². The first kappa shape index (κ1) is 21.6.